The van der Waals surface area contributed by atoms with E-state index in [0.717, 1.165) is 22.6 Å². The highest BCUT2D eigenvalue weighted by atomic mass is 35.5. The largest absolute Gasteiger partial charge is 0.486 e. The summed E-state index contributed by atoms with van der Waals surface area (Å²) in [5.41, 5.74) is 8.42. The summed E-state index contributed by atoms with van der Waals surface area (Å²) in [5, 5.41) is 0.625. The van der Waals surface area contributed by atoms with Crippen LogP contribution in [-0.2, 0) is 0 Å². The van der Waals surface area contributed by atoms with E-state index in [1.54, 1.807) is 6.07 Å². The maximum absolute atomic E-state index is 6.01. The molecule has 2 aromatic rings. The van der Waals surface area contributed by atoms with Crippen molar-refractivity contribution in [2.45, 2.75) is 0 Å². The van der Waals surface area contributed by atoms with Crippen molar-refractivity contribution in [1.82, 2.24) is 0 Å². The van der Waals surface area contributed by atoms with Crippen molar-refractivity contribution in [2.24, 2.45) is 0 Å². The van der Waals surface area contributed by atoms with E-state index in [9.17, 15) is 0 Å². The van der Waals surface area contributed by atoms with Gasteiger partial charge >= 0.3 is 0 Å². The Morgan fingerprint density at radius 3 is 2.44 bits per heavy atom. The molecule has 18 heavy (non-hydrogen) atoms. The van der Waals surface area contributed by atoms with Gasteiger partial charge in [-0.25, -0.2) is 0 Å². The van der Waals surface area contributed by atoms with Crippen molar-refractivity contribution in [3.63, 3.8) is 0 Å². The number of anilines is 1. The summed E-state index contributed by atoms with van der Waals surface area (Å²) in [4.78, 5) is 0. The molecule has 0 amide bonds. The van der Waals surface area contributed by atoms with Crippen LogP contribution in [0.2, 0.25) is 5.02 Å². The number of nitrogens with two attached hydrogens (primary N) is 1. The lowest BCUT2D eigenvalue weighted by Crippen LogP contribution is -2.15. The SMILES string of the molecule is Nc1cc(Cl)cc(-c2ccc3c(c2)OCCO3)c1. The Morgan fingerprint density at radius 2 is 1.67 bits per heavy atom. The first-order valence-electron chi connectivity index (χ1n) is 5.68. The van der Waals surface area contributed by atoms with E-state index in [1.165, 1.54) is 0 Å². The molecular weight excluding hydrogens is 250 g/mol. The van der Waals surface area contributed by atoms with Gasteiger partial charge in [0, 0.05) is 10.7 Å². The Labute approximate surface area is 110 Å². The van der Waals surface area contributed by atoms with Crippen LogP contribution < -0.4 is 15.2 Å². The zero-order chi connectivity index (χ0) is 12.5. The van der Waals surface area contributed by atoms with E-state index in [-0.39, 0.29) is 0 Å². The normalized spacial score (nSPS) is 13.4. The van der Waals surface area contributed by atoms with E-state index in [1.807, 2.05) is 30.3 Å². The van der Waals surface area contributed by atoms with Crippen LogP contribution in [0, 0.1) is 0 Å². The maximum atomic E-state index is 6.01. The zero-order valence-electron chi connectivity index (χ0n) is 9.65. The van der Waals surface area contributed by atoms with Gasteiger partial charge in [0.05, 0.1) is 0 Å². The minimum Gasteiger partial charge on any atom is -0.486 e. The van der Waals surface area contributed by atoms with Crippen LogP contribution >= 0.6 is 11.6 Å². The minimum absolute atomic E-state index is 0.578. The molecule has 2 N–H and O–H groups in total. The lowest BCUT2D eigenvalue weighted by Gasteiger charge is -2.19. The van der Waals surface area contributed by atoms with Crippen LogP contribution in [0.25, 0.3) is 11.1 Å². The lowest BCUT2D eigenvalue weighted by atomic mass is 10.0. The highest BCUT2D eigenvalue weighted by Gasteiger charge is 2.12. The summed E-state index contributed by atoms with van der Waals surface area (Å²) >= 11 is 6.01. The van der Waals surface area contributed by atoms with Crippen molar-refractivity contribution in [1.29, 1.82) is 0 Å². The summed E-state index contributed by atoms with van der Waals surface area (Å²) in [7, 11) is 0. The fraction of sp³-hybridized carbons (Fsp3) is 0.143. The third-order valence-electron chi connectivity index (χ3n) is 2.80. The molecule has 0 saturated heterocycles. The molecule has 1 aliphatic rings. The molecule has 0 aromatic heterocycles. The smallest absolute Gasteiger partial charge is 0.161 e. The fourth-order valence-corrected chi connectivity index (χ4v) is 2.25. The molecular formula is C14H12ClNO2. The molecule has 0 aliphatic carbocycles. The minimum atomic E-state index is 0.578. The van der Waals surface area contributed by atoms with Gasteiger partial charge < -0.3 is 15.2 Å². The zero-order valence-corrected chi connectivity index (χ0v) is 10.4. The topological polar surface area (TPSA) is 44.5 Å². The molecule has 2 aromatic carbocycles. The number of ether oxygens (including phenoxy) is 2. The number of nitrogen functional groups attached to an aromatic ring is 1. The summed E-state index contributed by atoms with van der Waals surface area (Å²) in [6, 6.07) is 11.3. The number of benzene rings is 2. The first kappa shape index (κ1) is 11.2. The third kappa shape index (κ3) is 2.09. The summed E-state index contributed by atoms with van der Waals surface area (Å²) < 4.78 is 11.0. The highest BCUT2D eigenvalue weighted by molar-refractivity contribution is 6.31. The van der Waals surface area contributed by atoms with Crippen molar-refractivity contribution < 1.29 is 9.47 Å². The average Bonchev–Trinajstić information content (AvgIpc) is 2.37. The second-order valence-electron chi connectivity index (χ2n) is 4.13. The van der Waals surface area contributed by atoms with Crippen LogP contribution in [0.3, 0.4) is 0 Å². The van der Waals surface area contributed by atoms with Gasteiger partial charge in [0.25, 0.3) is 0 Å². The molecule has 3 rings (SSSR count). The molecule has 0 radical (unpaired) electrons. The van der Waals surface area contributed by atoms with Gasteiger partial charge in [-0.2, -0.15) is 0 Å². The molecule has 4 heteroatoms. The number of fused-ring (bicyclic) bond motifs is 1. The monoisotopic (exact) mass is 261 g/mol. The van der Waals surface area contributed by atoms with Gasteiger partial charge in [0.2, 0.25) is 0 Å². The van der Waals surface area contributed by atoms with Crippen molar-refractivity contribution >= 4 is 17.3 Å². The molecule has 0 fully saturated rings. The van der Waals surface area contributed by atoms with E-state index < -0.39 is 0 Å². The summed E-state index contributed by atoms with van der Waals surface area (Å²) in [5.74, 6) is 1.54. The second kappa shape index (κ2) is 4.42. The number of hydrogen-bond acceptors (Lipinski definition) is 3. The molecule has 0 saturated carbocycles. The lowest BCUT2D eigenvalue weighted by molar-refractivity contribution is 0.171. The number of rotatable bonds is 1. The molecule has 92 valence electrons. The third-order valence-corrected chi connectivity index (χ3v) is 3.01. The van der Waals surface area contributed by atoms with E-state index in [4.69, 9.17) is 26.8 Å². The molecule has 1 heterocycles. The molecule has 1 aliphatic heterocycles. The first-order chi connectivity index (χ1) is 8.72. The van der Waals surface area contributed by atoms with Gasteiger partial charge in [-0.05, 0) is 41.5 Å². The van der Waals surface area contributed by atoms with E-state index >= 15 is 0 Å². The second-order valence-corrected chi connectivity index (χ2v) is 4.57. The Kier molecular flexibility index (Phi) is 2.76. The Morgan fingerprint density at radius 1 is 0.889 bits per heavy atom. The summed E-state index contributed by atoms with van der Waals surface area (Å²) in [6.45, 7) is 1.17. The molecule has 0 unspecified atom stereocenters. The number of halogens is 1. The predicted molar refractivity (Wildman–Crippen MR) is 72.3 cm³/mol. The van der Waals surface area contributed by atoms with Gasteiger partial charge in [-0.1, -0.05) is 17.7 Å². The van der Waals surface area contributed by atoms with Crippen molar-refractivity contribution in [2.75, 3.05) is 18.9 Å². The van der Waals surface area contributed by atoms with E-state index in [0.29, 0.717) is 23.9 Å². The molecule has 0 atom stereocenters. The average molecular weight is 262 g/mol. The van der Waals surface area contributed by atoms with Crippen LogP contribution in [0.5, 0.6) is 11.5 Å². The maximum Gasteiger partial charge on any atom is 0.161 e. The van der Waals surface area contributed by atoms with Crippen LogP contribution in [0.4, 0.5) is 5.69 Å². The van der Waals surface area contributed by atoms with Crippen LogP contribution in [0.15, 0.2) is 36.4 Å². The Hall–Kier alpha value is -1.87. The number of hydrogen-bond donors (Lipinski definition) is 1. The van der Waals surface area contributed by atoms with Gasteiger partial charge in [0.15, 0.2) is 11.5 Å². The van der Waals surface area contributed by atoms with Gasteiger partial charge in [-0.3, -0.25) is 0 Å². The Bertz CT molecular complexity index is 578. The molecule has 0 bridgehead atoms. The van der Waals surface area contributed by atoms with Crippen molar-refractivity contribution in [3.8, 4) is 22.6 Å². The first-order valence-corrected chi connectivity index (χ1v) is 6.06. The quantitative estimate of drug-likeness (QED) is 0.801. The highest BCUT2D eigenvalue weighted by Crippen LogP contribution is 2.35. The molecule has 3 nitrogen and oxygen atoms in total. The van der Waals surface area contributed by atoms with Crippen LogP contribution in [-0.4, -0.2) is 13.2 Å². The van der Waals surface area contributed by atoms with Gasteiger partial charge in [-0.15, -0.1) is 0 Å². The van der Waals surface area contributed by atoms with Crippen LogP contribution in [0.1, 0.15) is 0 Å². The summed E-state index contributed by atoms with van der Waals surface area (Å²) in [6.07, 6.45) is 0. The molecule has 0 spiro atoms. The Balaban J connectivity index is 2.06. The fourth-order valence-electron chi connectivity index (χ4n) is 2.00. The predicted octanol–water partition coefficient (Wildman–Crippen LogP) is 3.36. The van der Waals surface area contributed by atoms with Crippen molar-refractivity contribution in [3.05, 3.63) is 41.4 Å². The van der Waals surface area contributed by atoms with E-state index in [2.05, 4.69) is 0 Å². The standard InChI is InChI=1S/C14H12ClNO2/c15-11-5-10(6-12(16)8-11)9-1-2-13-14(7-9)18-4-3-17-13/h1-2,5-8H,3-4,16H2. The van der Waals surface area contributed by atoms with Gasteiger partial charge in [0.1, 0.15) is 13.2 Å².